The first-order valence-corrected chi connectivity index (χ1v) is 8.39. The molecule has 0 aliphatic heterocycles. The molecular weight excluding hydrogens is 372 g/mol. The molecule has 0 aliphatic rings. The largest absolute Gasteiger partial charge is 0.493 e. The van der Waals surface area contributed by atoms with Crippen molar-refractivity contribution in [1.82, 2.24) is 0 Å². The molecular formula is C18H21BrN2O3. The molecule has 0 bridgehead atoms. The average molecular weight is 393 g/mol. The van der Waals surface area contributed by atoms with Gasteiger partial charge in [-0.05, 0) is 42.8 Å². The Labute approximate surface area is 150 Å². The molecule has 2 aromatic rings. The minimum Gasteiger partial charge on any atom is -0.493 e. The minimum atomic E-state index is -0.235. The third kappa shape index (κ3) is 4.97. The van der Waals surface area contributed by atoms with E-state index in [2.05, 4.69) is 21.2 Å². The van der Waals surface area contributed by atoms with Crippen LogP contribution in [-0.4, -0.2) is 26.2 Å². The minimum absolute atomic E-state index is 0.235. The maximum atomic E-state index is 12.5. The highest BCUT2D eigenvalue weighted by Crippen LogP contribution is 2.28. The molecule has 0 saturated heterocycles. The van der Waals surface area contributed by atoms with E-state index in [0.717, 1.165) is 16.5 Å². The fourth-order valence-corrected chi connectivity index (χ4v) is 2.74. The van der Waals surface area contributed by atoms with Crippen molar-refractivity contribution in [2.24, 2.45) is 0 Å². The smallest absolute Gasteiger partial charge is 0.255 e. The Hall–Kier alpha value is -2.05. The summed E-state index contributed by atoms with van der Waals surface area (Å²) in [5.41, 5.74) is 8.57. The lowest BCUT2D eigenvalue weighted by molar-refractivity contribution is 0.102. The molecule has 128 valence electrons. The Morgan fingerprint density at radius 3 is 2.79 bits per heavy atom. The van der Waals surface area contributed by atoms with Gasteiger partial charge in [0.15, 0.2) is 0 Å². The summed E-state index contributed by atoms with van der Waals surface area (Å²) < 4.78 is 11.5. The summed E-state index contributed by atoms with van der Waals surface area (Å²) in [4.78, 5) is 12.5. The first kappa shape index (κ1) is 18.3. The molecule has 2 aromatic carbocycles. The van der Waals surface area contributed by atoms with Crippen molar-refractivity contribution < 1.29 is 14.3 Å². The number of rotatable bonds is 7. The van der Waals surface area contributed by atoms with E-state index in [4.69, 9.17) is 15.2 Å². The zero-order valence-corrected chi connectivity index (χ0v) is 15.4. The summed E-state index contributed by atoms with van der Waals surface area (Å²) in [6, 6.07) is 10.7. The van der Waals surface area contributed by atoms with E-state index >= 15 is 0 Å². The number of anilines is 2. The van der Waals surface area contributed by atoms with Crippen molar-refractivity contribution in [2.75, 3.05) is 31.4 Å². The van der Waals surface area contributed by atoms with Crippen LogP contribution in [0.15, 0.2) is 40.9 Å². The van der Waals surface area contributed by atoms with Crippen LogP contribution in [0.5, 0.6) is 5.75 Å². The number of benzene rings is 2. The fraction of sp³-hybridized carbons (Fsp3) is 0.278. The normalized spacial score (nSPS) is 10.5. The Kier molecular flexibility index (Phi) is 6.63. The average Bonchev–Trinajstić information content (AvgIpc) is 2.56. The van der Waals surface area contributed by atoms with E-state index in [9.17, 15) is 4.79 Å². The van der Waals surface area contributed by atoms with Gasteiger partial charge in [-0.2, -0.15) is 0 Å². The molecule has 0 saturated carbocycles. The molecule has 5 nitrogen and oxygen atoms in total. The standard InChI is InChI=1S/C18H21BrN2O3/c1-12-9-14(19)11-16(17(12)20)21-18(22)13-5-3-6-15(10-13)24-8-4-7-23-2/h3,5-6,9-11H,4,7-8,20H2,1-2H3,(H,21,22). The molecule has 6 heteroatoms. The number of carbonyl (C=O) groups is 1. The van der Waals surface area contributed by atoms with E-state index in [1.807, 2.05) is 19.1 Å². The number of methoxy groups -OCH3 is 1. The van der Waals surface area contributed by atoms with Crippen molar-refractivity contribution in [1.29, 1.82) is 0 Å². The van der Waals surface area contributed by atoms with Crippen LogP contribution in [0.4, 0.5) is 11.4 Å². The topological polar surface area (TPSA) is 73.6 Å². The third-order valence-electron chi connectivity index (χ3n) is 3.46. The van der Waals surface area contributed by atoms with Crippen molar-refractivity contribution in [3.8, 4) is 5.75 Å². The monoisotopic (exact) mass is 392 g/mol. The van der Waals surface area contributed by atoms with Gasteiger partial charge in [0.25, 0.3) is 5.91 Å². The molecule has 0 unspecified atom stereocenters. The Balaban J connectivity index is 2.07. The second-order valence-electron chi connectivity index (χ2n) is 5.36. The van der Waals surface area contributed by atoms with E-state index in [-0.39, 0.29) is 5.91 Å². The summed E-state index contributed by atoms with van der Waals surface area (Å²) in [6.07, 6.45) is 0.792. The number of aryl methyl sites for hydroxylation is 1. The lowest BCUT2D eigenvalue weighted by Crippen LogP contribution is -2.14. The van der Waals surface area contributed by atoms with Crippen molar-refractivity contribution >= 4 is 33.2 Å². The van der Waals surface area contributed by atoms with Crippen molar-refractivity contribution in [2.45, 2.75) is 13.3 Å². The molecule has 24 heavy (non-hydrogen) atoms. The lowest BCUT2D eigenvalue weighted by atomic mass is 10.1. The number of hydrogen-bond donors (Lipinski definition) is 2. The Morgan fingerprint density at radius 2 is 2.04 bits per heavy atom. The fourth-order valence-electron chi connectivity index (χ4n) is 2.17. The van der Waals surface area contributed by atoms with Gasteiger partial charge in [0.1, 0.15) is 5.75 Å². The first-order chi connectivity index (χ1) is 11.5. The molecule has 3 N–H and O–H groups in total. The zero-order chi connectivity index (χ0) is 17.5. The van der Waals surface area contributed by atoms with E-state index in [1.54, 1.807) is 31.4 Å². The first-order valence-electron chi connectivity index (χ1n) is 7.60. The maximum absolute atomic E-state index is 12.5. The second-order valence-corrected chi connectivity index (χ2v) is 6.28. The molecule has 0 radical (unpaired) electrons. The number of nitrogen functional groups attached to an aromatic ring is 1. The Bertz CT molecular complexity index is 719. The van der Waals surface area contributed by atoms with Gasteiger partial charge in [0.05, 0.1) is 18.0 Å². The van der Waals surface area contributed by atoms with Gasteiger partial charge in [0, 0.05) is 30.2 Å². The van der Waals surface area contributed by atoms with Gasteiger partial charge in [-0.3, -0.25) is 4.79 Å². The molecule has 0 aromatic heterocycles. The number of halogens is 1. The van der Waals surface area contributed by atoms with Crippen LogP contribution >= 0.6 is 15.9 Å². The highest BCUT2D eigenvalue weighted by atomic mass is 79.9. The van der Waals surface area contributed by atoms with E-state index in [1.165, 1.54) is 0 Å². The summed E-state index contributed by atoms with van der Waals surface area (Å²) in [5, 5.41) is 2.84. The van der Waals surface area contributed by atoms with Crippen molar-refractivity contribution in [3.05, 3.63) is 52.0 Å². The zero-order valence-electron chi connectivity index (χ0n) is 13.8. The highest BCUT2D eigenvalue weighted by Gasteiger charge is 2.11. The van der Waals surface area contributed by atoms with E-state index in [0.29, 0.717) is 35.9 Å². The number of nitrogens with two attached hydrogens (primary N) is 1. The molecule has 0 spiro atoms. The molecule has 0 fully saturated rings. The summed E-state index contributed by atoms with van der Waals surface area (Å²) in [7, 11) is 1.65. The quantitative estimate of drug-likeness (QED) is 0.551. The van der Waals surface area contributed by atoms with Gasteiger partial charge in [-0.1, -0.05) is 22.0 Å². The van der Waals surface area contributed by atoms with Gasteiger partial charge >= 0.3 is 0 Å². The number of amides is 1. The molecule has 0 atom stereocenters. The number of carbonyl (C=O) groups excluding carboxylic acids is 1. The van der Waals surface area contributed by atoms with Crippen LogP contribution in [-0.2, 0) is 4.74 Å². The molecule has 0 heterocycles. The van der Waals surface area contributed by atoms with Crippen LogP contribution in [0.2, 0.25) is 0 Å². The van der Waals surface area contributed by atoms with Gasteiger partial charge in [-0.15, -0.1) is 0 Å². The van der Waals surface area contributed by atoms with Gasteiger partial charge in [-0.25, -0.2) is 0 Å². The number of ether oxygens (including phenoxy) is 2. The highest BCUT2D eigenvalue weighted by molar-refractivity contribution is 9.10. The summed E-state index contributed by atoms with van der Waals surface area (Å²) in [6.45, 7) is 3.07. The third-order valence-corrected chi connectivity index (χ3v) is 3.92. The molecule has 1 amide bonds. The number of nitrogens with one attached hydrogen (secondary N) is 1. The van der Waals surface area contributed by atoms with Crippen LogP contribution in [0.3, 0.4) is 0 Å². The predicted molar refractivity (Wildman–Crippen MR) is 99.7 cm³/mol. The van der Waals surface area contributed by atoms with Gasteiger partial charge < -0.3 is 20.5 Å². The summed E-state index contributed by atoms with van der Waals surface area (Å²) in [5.74, 6) is 0.415. The van der Waals surface area contributed by atoms with Crippen LogP contribution < -0.4 is 15.8 Å². The van der Waals surface area contributed by atoms with Crippen LogP contribution in [0.1, 0.15) is 22.3 Å². The van der Waals surface area contributed by atoms with Gasteiger partial charge in [0.2, 0.25) is 0 Å². The number of hydrogen-bond acceptors (Lipinski definition) is 4. The summed E-state index contributed by atoms with van der Waals surface area (Å²) >= 11 is 3.41. The maximum Gasteiger partial charge on any atom is 0.255 e. The Morgan fingerprint density at radius 1 is 1.25 bits per heavy atom. The molecule has 0 aliphatic carbocycles. The second kappa shape index (κ2) is 8.70. The SMILES string of the molecule is COCCCOc1cccc(C(=O)Nc2cc(Br)cc(C)c2N)c1. The predicted octanol–water partition coefficient (Wildman–Crippen LogP) is 4.01. The van der Waals surface area contributed by atoms with Crippen molar-refractivity contribution in [3.63, 3.8) is 0 Å². The van der Waals surface area contributed by atoms with Crippen LogP contribution in [0.25, 0.3) is 0 Å². The molecule has 2 rings (SSSR count). The van der Waals surface area contributed by atoms with Crippen LogP contribution in [0, 0.1) is 6.92 Å². The van der Waals surface area contributed by atoms with E-state index < -0.39 is 0 Å². The lowest BCUT2D eigenvalue weighted by Gasteiger charge is -2.12.